The highest BCUT2D eigenvalue weighted by Crippen LogP contribution is 2.27. The second kappa shape index (κ2) is 10.0. The summed E-state index contributed by atoms with van der Waals surface area (Å²) in [7, 11) is 1.60. The van der Waals surface area contributed by atoms with E-state index in [0.29, 0.717) is 41.2 Å². The lowest BCUT2D eigenvalue weighted by Crippen LogP contribution is -2.28. The van der Waals surface area contributed by atoms with E-state index in [9.17, 15) is 4.79 Å². The van der Waals surface area contributed by atoms with Gasteiger partial charge in [-0.25, -0.2) is 4.98 Å². The van der Waals surface area contributed by atoms with Crippen LogP contribution in [0, 0.1) is 0 Å². The van der Waals surface area contributed by atoms with Crippen molar-refractivity contribution in [1.29, 1.82) is 0 Å². The van der Waals surface area contributed by atoms with Gasteiger partial charge in [-0.2, -0.15) is 0 Å². The Kier molecular flexibility index (Phi) is 6.74. The normalized spacial score (nSPS) is 10.7. The predicted octanol–water partition coefficient (Wildman–Crippen LogP) is 4.94. The van der Waals surface area contributed by atoms with Gasteiger partial charge in [-0.15, -0.1) is 0 Å². The van der Waals surface area contributed by atoms with Crippen LogP contribution in [0.4, 0.5) is 0 Å². The zero-order chi connectivity index (χ0) is 21.5. The van der Waals surface area contributed by atoms with Gasteiger partial charge >= 0.3 is 0 Å². The summed E-state index contributed by atoms with van der Waals surface area (Å²) in [5, 5.41) is 3.50. The van der Waals surface area contributed by atoms with Gasteiger partial charge in [0, 0.05) is 11.3 Å². The maximum atomic E-state index is 12.7. The Morgan fingerprint density at radius 3 is 2.58 bits per heavy atom. The summed E-state index contributed by atoms with van der Waals surface area (Å²) in [4.78, 5) is 17.2. The molecule has 1 aromatic heterocycles. The largest absolute Gasteiger partial charge is 0.493 e. The number of rotatable bonds is 9. The predicted molar refractivity (Wildman–Crippen MR) is 121 cm³/mol. The number of amides is 1. The number of fused-ring (bicyclic) bond motifs is 1. The van der Waals surface area contributed by atoms with Crippen molar-refractivity contribution >= 4 is 28.8 Å². The minimum Gasteiger partial charge on any atom is -0.493 e. The van der Waals surface area contributed by atoms with E-state index < -0.39 is 0 Å². The van der Waals surface area contributed by atoms with Gasteiger partial charge in [0.05, 0.1) is 13.7 Å². The number of methoxy groups -OCH3 is 1. The first-order valence-corrected chi connectivity index (χ1v) is 10.8. The highest BCUT2D eigenvalue weighted by molar-refractivity contribution is 7.98. The molecule has 0 spiro atoms. The Labute approximate surface area is 184 Å². The molecule has 0 bridgehead atoms. The molecule has 1 N–H and O–H groups in total. The summed E-state index contributed by atoms with van der Waals surface area (Å²) in [5.41, 5.74) is 3.12. The minimum atomic E-state index is -0.141. The minimum absolute atomic E-state index is 0.141. The number of benzene rings is 3. The molecular weight excluding hydrogens is 412 g/mol. The lowest BCUT2D eigenvalue weighted by atomic mass is 10.1. The van der Waals surface area contributed by atoms with Gasteiger partial charge in [0.2, 0.25) is 0 Å². The molecule has 0 saturated carbocycles. The summed E-state index contributed by atoms with van der Waals surface area (Å²) in [6, 6.07) is 22.6. The molecule has 0 saturated heterocycles. The van der Waals surface area contributed by atoms with Crippen LogP contribution >= 0.6 is 11.8 Å². The highest BCUT2D eigenvalue weighted by atomic mass is 32.2. The fourth-order valence-electron chi connectivity index (χ4n) is 3.08. The standard InChI is InChI=1S/C24H22N2O4S/c1-28-21-12-6-7-13-22(21)29-15-14-25-23(27)18-9-3-2-8-17(18)16-31-24-26-19-10-4-5-11-20(19)30-24/h2-13H,14-16H2,1H3,(H,25,27). The van der Waals surface area contributed by atoms with Gasteiger partial charge < -0.3 is 19.2 Å². The van der Waals surface area contributed by atoms with Crippen LogP contribution < -0.4 is 14.8 Å². The van der Waals surface area contributed by atoms with Crippen LogP contribution in [0.3, 0.4) is 0 Å². The van der Waals surface area contributed by atoms with E-state index >= 15 is 0 Å². The fraction of sp³-hybridized carbons (Fsp3) is 0.167. The van der Waals surface area contributed by atoms with Crippen molar-refractivity contribution in [2.24, 2.45) is 0 Å². The number of hydrogen-bond acceptors (Lipinski definition) is 6. The first-order chi connectivity index (χ1) is 15.2. The number of carbonyl (C=O) groups is 1. The van der Waals surface area contributed by atoms with E-state index in [2.05, 4.69) is 10.3 Å². The van der Waals surface area contributed by atoms with Crippen LogP contribution in [0.2, 0.25) is 0 Å². The maximum absolute atomic E-state index is 12.7. The molecule has 0 unspecified atom stereocenters. The third-order valence-corrected chi connectivity index (χ3v) is 5.48. The number of carbonyl (C=O) groups excluding carboxylic acids is 1. The second-order valence-electron chi connectivity index (χ2n) is 6.65. The van der Waals surface area contributed by atoms with Crippen molar-refractivity contribution in [3.63, 3.8) is 0 Å². The van der Waals surface area contributed by atoms with Crippen LogP contribution in [-0.2, 0) is 5.75 Å². The number of ether oxygens (including phenoxy) is 2. The molecule has 31 heavy (non-hydrogen) atoms. The van der Waals surface area contributed by atoms with E-state index in [1.54, 1.807) is 7.11 Å². The van der Waals surface area contributed by atoms with Crippen molar-refractivity contribution in [3.05, 3.63) is 83.9 Å². The van der Waals surface area contributed by atoms with Crippen LogP contribution in [0.25, 0.3) is 11.1 Å². The summed E-state index contributed by atoms with van der Waals surface area (Å²) < 4.78 is 16.7. The number of nitrogens with zero attached hydrogens (tertiary/aromatic N) is 1. The number of para-hydroxylation sites is 4. The van der Waals surface area contributed by atoms with Gasteiger partial charge in [-0.3, -0.25) is 4.79 Å². The quantitative estimate of drug-likeness (QED) is 0.297. The smallest absolute Gasteiger partial charge is 0.257 e. The first-order valence-electron chi connectivity index (χ1n) is 9.85. The summed E-state index contributed by atoms with van der Waals surface area (Å²) in [6.45, 7) is 0.718. The van der Waals surface area contributed by atoms with Gasteiger partial charge in [-0.05, 0) is 35.9 Å². The third kappa shape index (κ3) is 5.19. The summed E-state index contributed by atoms with van der Waals surface area (Å²) in [5.74, 6) is 1.75. The van der Waals surface area contributed by atoms with Crippen LogP contribution in [-0.4, -0.2) is 31.2 Å². The van der Waals surface area contributed by atoms with E-state index in [1.165, 1.54) is 11.8 Å². The topological polar surface area (TPSA) is 73.6 Å². The van der Waals surface area contributed by atoms with Crippen LogP contribution in [0.5, 0.6) is 11.5 Å². The van der Waals surface area contributed by atoms with Gasteiger partial charge in [-0.1, -0.05) is 54.2 Å². The second-order valence-corrected chi connectivity index (χ2v) is 7.58. The molecule has 1 heterocycles. The summed E-state index contributed by atoms with van der Waals surface area (Å²) in [6.07, 6.45) is 0. The van der Waals surface area contributed by atoms with Crippen LogP contribution in [0.1, 0.15) is 15.9 Å². The van der Waals surface area contributed by atoms with Gasteiger partial charge in [0.25, 0.3) is 11.1 Å². The highest BCUT2D eigenvalue weighted by Gasteiger charge is 2.13. The van der Waals surface area contributed by atoms with Gasteiger partial charge in [0.1, 0.15) is 12.1 Å². The van der Waals surface area contributed by atoms with E-state index in [1.807, 2.05) is 72.8 Å². The molecule has 0 radical (unpaired) electrons. The number of nitrogens with one attached hydrogen (secondary N) is 1. The zero-order valence-corrected chi connectivity index (χ0v) is 17.9. The van der Waals surface area contributed by atoms with E-state index in [-0.39, 0.29) is 5.91 Å². The Balaban J connectivity index is 1.33. The molecule has 0 aliphatic heterocycles. The Morgan fingerprint density at radius 2 is 1.74 bits per heavy atom. The molecule has 4 rings (SSSR count). The molecule has 158 valence electrons. The van der Waals surface area contributed by atoms with Crippen molar-refractivity contribution in [2.75, 3.05) is 20.3 Å². The molecule has 0 aliphatic rings. The zero-order valence-electron chi connectivity index (χ0n) is 17.0. The maximum Gasteiger partial charge on any atom is 0.257 e. The molecule has 6 nitrogen and oxygen atoms in total. The average Bonchev–Trinajstić information content (AvgIpc) is 3.24. The first kappa shape index (κ1) is 20.8. The van der Waals surface area contributed by atoms with Crippen molar-refractivity contribution in [3.8, 4) is 11.5 Å². The SMILES string of the molecule is COc1ccccc1OCCNC(=O)c1ccccc1CSc1nc2ccccc2o1. The molecular formula is C24H22N2O4S. The average molecular weight is 435 g/mol. The lowest BCUT2D eigenvalue weighted by Gasteiger charge is -2.12. The number of thioether (sulfide) groups is 1. The van der Waals surface area contributed by atoms with Crippen molar-refractivity contribution in [1.82, 2.24) is 10.3 Å². The Bertz CT molecular complexity index is 1140. The Morgan fingerprint density at radius 1 is 1.00 bits per heavy atom. The van der Waals surface area contributed by atoms with Gasteiger partial charge in [0.15, 0.2) is 17.1 Å². The Hall–Kier alpha value is -3.45. The summed E-state index contributed by atoms with van der Waals surface area (Å²) >= 11 is 1.46. The molecule has 4 aromatic rings. The number of hydrogen-bond donors (Lipinski definition) is 1. The lowest BCUT2D eigenvalue weighted by molar-refractivity contribution is 0.0946. The molecule has 3 aromatic carbocycles. The third-order valence-electron chi connectivity index (χ3n) is 4.60. The van der Waals surface area contributed by atoms with Crippen molar-refractivity contribution in [2.45, 2.75) is 11.0 Å². The van der Waals surface area contributed by atoms with Crippen LogP contribution in [0.15, 0.2) is 82.4 Å². The monoisotopic (exact) mass is 434 g/mol. The number of oxazole rings is 1. The molecule has 7 heteroatoms. The van der Waals surface area contributed by atoms with E-state index in [0.717, 1.165) is 16.7 Å². The fourth-order valence-corrected chi connectivity index (χ4v) is 3.92. The molecule has 0 aliphatic carbocycles. The number of aromatic nitrogens is 1. The molecule has 1 amide bonds. The molecule has 0 fully saturated rings. The van der Waals surface area contributed by atoms with Crippen molar-refractivity contribution < 1.29 is 18.7 Å². The van der Waals surface area contributed by atoms with E-state index in [4.69, 9.17) is 13.9 Å². The molecule has 0 atom stereocenters.